The van der Waals surface area contributed by atoms with Crippen molar-refractivity contribution in [3.8, 4) is 0 Å². The number of aliphatic carboxylic acids is 1. The second kappa shape index (κ2) is 7.23. The molecule has 1 aromatic carbocycles. The standard InChI is InChI=1S/C16H22BrNO2/c1-11(10-13-4-2-3-5-15(13)17)18-14-8-6-12(7-9-14)16(19)20/h2-5,11-12,14,18H,6-10H2,1H3,(H,19,20). The lowest BCUT2D eigenvalue weighted by Gasteiger charge is -2.29. The van der Waals surface area contributed by atoms with Crippen LogP contribution in [0.25, 0.3) is 0 Å². The van der Waals surface area contributed by atoms with Gasteiger partial charge in [-0.1, -0.05) is 34.1 Å². The zero-order valence-electron chi connectivity index (χ0n) is 11.8. The third-order valence-electron chi connectivity index (χ3n) is 4.08. The third-order valence-corrected chi connectivity index (χ3v) is 4.85. The number of carboxylic acid groups (broad SMARTS) is 1. The lowest BCUT2D eigenvalue weighted by Crippen LogP contribution is -2.40. The molecule has 20 heavy (non-hydrogen) atoms. The van der Waals surface area contributed by atoms with Gasteiger partial charge in [0.05, 0.1) is 5.92 Å². The Labute approximate surface area is 128 Å². The van der Waals surface area contributed by atoms with E-state index in [1.807, 2.05) is 6.07 Å². The van der Waals surface area contributed by atoms with Crippen molar-refractivity contribution < 1.29 is 9.90 Å². The van der Waals surface area contributed by atoms with E-state index in [1.165, 1.54) is 5.56 Å². The topological polar surface area (TPSA) is 49.3 Å². The van der Waals surface area contributed by atoms with Crippen LogP contribution in [0.2, 0.25) is 0 Å². The van der Waals surface area contributed by atoms with Gasteiger partial charge < -0.3 is 10.4 Å². The van der Waals surface area contributed by atoms with E-state index in [9.17, 15) is 4.79 Å². The predicted molar refractivity (Wildman–Crippen MR) is 83.8 cm³/mol. The first kappa shape index (κ1) is 15.5. The van der Waals surface area contributed by atoms with E-state index in [1.54, 1.807) is 0 Å². The van der Waals surface area contributed by atoms with Crippen LogP contribution < -0.4 is 5.32 Å². The van der Waals surface area contributed by atoms with Crippen LogP contribution in [0.3, 0.4) is 0 Å². The molecule has 3 nitrogen and oxygen atoms in total. The van der Waals surface area contributed by atoms with Crippen LogP contribution in [0.1, 0.15) is 38.2 Å². The van der Waals surface area contributed by atoms with Crippen LogP contribution in [0, 0.1) is 5.92 Å². The van der Waals surface area contributed by atoms with E-state index in [0.717, 1.165) is 36.6 Å². The SMILES string of the molecule is CC(Cc1ccccc1Br)NC1CCC(C(=O)O)CC1. The fraction of sp³-hybridized carbons (Fsp3) is 0.562. The molecular weight excluding hydrogens is 318 g/mol. The molecule has 1 fully saturated rings. The fourth-order valence-corrected chi connectivity index (χ4v) is 3.41. The molecule has 1 aliphatic carbocycles. The van der Waals surface area contributed by atoms with Gasteiger partial charge in [0.1, 0.15) is 0 Å². The molecule has 1 aromatic rings. The quantitative estimate of drug-likeness (QED) is 0.861. The van der Waals surface area contributed by atoms with E-state index in [-0.39, 0.29) is 5.92 Å². The summed E-state index contributed by atoms with van der Waals surface area (Å²) in [5, 5.41) is 12.6. The molecule has 1 saturated carbocycles. The van der Waals surface area contributed by atoms with Crippen molar-refractivity contribution in [1.82, 2.24) is 5.32 Å². The summed E-state index contributed by atoms with van der Waals surface area (Å²) in [6, 6.07) is 9.16. The van der Waals surface area contributed by atoms with Gasteiger partial charge in [-0.2, -0.15) is 0 Å². The van der Waals surface area contributed by atoms with Gasteiger partial charge in [-0.05, 0) is 50.7 Å². The summed E-state index contributed by atoms with van der Waals surface area (Å²) in [7, 11) is 0. The minimum atomic E-state index is -0.635. The fourth-order valence-electron chi connectivity index (χ4n) is 2.96. The van der Waals surface area contributed by atoms with Gasteiger partial charge in [0.25, 0.3) is 0 Å². The Kier molecular flexibility index (Phi) is 5.61. The van der Waals surface area contributed by atoms with E-state index >= 15 is 0 Å². The van der Waals surface area contributed by atoms with Crippen molar-refractivity contribution in [3.05, 3.63) is 34.3 Å². The molecule has 0 amide bonds. The van der Waals surface area contributed by atoms with Gasteiger partial charge in [-0.15, -0.1) is 0 Å². The van der Waals surface area contributed by atoms with Gasteiger partial charge in [0, 0.05) is 16.6 Å². The molecule has 2 N–H and O–H groups in total. The molecule has 2 rings (SSSR count). The third kappa shape index (κ3) is 4.32. The van der Waals surface area contributed by atoms with Crippen molar-refractivity contribution in [3.63, 3.8) is 0 Å². The zero-order valence-corrected chi connectivity index (χ0v) is 13.4. The van der Waals surface area contributed by atoms with Crippen LogP contribution in [0.5, 0.6) is 0 Å². The van der Waals surface area contributed by atoms with Crippen LogP contribution in [0.15, 0.2) is 28.7 Å². The minimum Gasteiger partial charge on any atom is -0.481 e. The molecule has 4 heteroatoms. The van der Waals surface area contributed by atoms with Crippen molar-refractivity contribution in [1.29, 1.82) is 0 Å². The monoisotopic (exact) mass is 339 g/mol. The lowest BCUT2D eigenvalue weighted by atomic mass is 9.85. The number of carboxylic acids is 1. The Bertz CT molecular complexity index is 456. The first-order valence-electron chi connectivity index (χ1n) is 7.28. The molecule has 0 heterocycles. The van der Waals surface area contributed by atoms with E-state index in [4.69, 9.17) is 5.11 Å². The Morgan fingerprint density at radius 3 is 2.60 bits per heavy atom. The Hall–Kier alpha value is -0.870. The summed E-state index contributed by atoms with van der Waals surface area (Å²) >= 11 is 3.58. The van der Waals surface area contributed by atoms with Crippen molar-refractivity contribution >= 4 is 21.9 Å². The molecular formula is C16H22BrNO2. The van der Waals surface area contributed by atoms with Crippen LogP contribution in [0.4, 0.5) is 0 Å². The summed E-state index contributed by atoms with van der Waals surface area (Å²) in [5.41, 5.74) is 1.31. The average Bonchev–Trinajstić information content (AvgIpc) is 2.42. The highest BCUT2D eigenvalue weighted by Crippen LogP contribution is 2.25. The molecule has 0 aliphatic heterocycles. The van der Waals surface area contributed by atoms with Crippen molar-refractivity contribution in [2.45, 2.75) is 51.1 Å². The normalized spacial score (nSPS) is 24.3. The smallest absolute Gasteiger partial charge is 0.306 e. The lowest BCUT2D eigenvalue weighted by molar-refractivity contribution is -0.142. The molecule has 0 radical (unpaired) electrons. The summed E-state index contributed by atoms with van der Waals surface area (Å²) in [6.07, 6.45) is 4.53. The second-order valence-corrected chi connectivity index (χ2v) is 6.60. The maximum atomic E-state index is 10.9. The number of rotatable bonds is 5. The summed E-state index contributed by atoms with van der Waals surface area (Å²) < 4.78 is 1.16. The molecule has 0 aromatic heterocycles. The number of halogens is 1. The van der Waals surface area contributed by atoms with Gasteiger partial charge in [-0.25, -0.2) is 0 Å². The van der Waals surface area contributed by atoms with Gasteiger partial charge >= 0.3 is 5.97 Å². The summed E-state index contributed by atoms with van der Waals surface area (Å²) in [5.74, 6) is -0.767. The maximum Gasteiger partial charge on any atom is 0.306 e. The van der Waals surface area contributed by atoms with E-state index in [0.29, 0.717) is 12.1 Å². The predicted octanol–water partition coefficient (Wildman–Crippen LogP) is 3.61. The molecule has 0 spiro atoms. The summed E-state index contributed by atoms with van der Waals surface area (Å²) in [6.45, 7) is 2.20. The zero-order chi connectivity index (χ0) is 14.5. The Morgan fingerprint density at radius 2 is 2.00 bits per heavy atom. The Balaban J connectivity index is 1.80. The molecule has 0 saturated heterocycles. The van der Waals surface area contributed by atoms with E-state index < -0.39 is 5.97 Å². The van der Waals surface area contributed by atoms with Gasteiger partial charge in [0.15, 0.2) is 0 Å². The first-order chi connectivity index (χ1) is 9.56. The largest absolute Gasteiger partial charge is 0.481 e. The van der Waals surface area contributed by atoms with Crippen LogP contribution in [-0.2, 0) is 11.2 Å². The number of hydrogen-bond acceptors (Lipinski definition) is 2. The molecule has 0 bridgehead atoms. The number of nitrogens with one attached hydrogen (secondary N) is 1. The molecule has 1 atom stereocenters. The molecule has 1 aliphatic rings. The van der Waals surface area contributed by atoms with Gasteiger partial charge in [0.2, 0.25) is 0 Å². The molecule has 110 valence electrons. The van der Waals surface area contributed by atoms with Crippen LogP contribution >= 0.6 is 15.9 Å². The highest BCUT2D eigenvalue weighted by molar-refractivity contribution is 9.10. The minimum absolute atomic E-state index is 0.133. The Morgan fingerprint density at radius 1 is 1.35 bits per heavy atom. The maximum absolute atomic E-state index is 10.9. The van der Waals surface area contributed by atoms with E-state index in [2.05, 4.69) is 46.4 Å². The van der Waals surface area contributed by atoms with Gasteiger partial charge in [-0.3, -0.25) is 4.79 Å². The van der Waals surface area contributed by atoms with Crippen molar-refractivity contribution in [2.24, 2.45) is 5.92 Å². The first-order valence-corrected chi connectivity index (χ1v) is 8.08. The number of benzene rings is 1. The number of carbonyl (C=O) groups is 1. The van der Waals surface area contributed by atoms with Crippen molar-refractivity contribution in [2.75, 3.05) is 0 Å². The second-order valence-electron chi connectivity index (χ2n) is 5.75. The summed E-state index contributed by atoms with van der Waals surface area (Å²) in [4.78, 5) is 10.9. The molecule has 1 unspecified atom stereocenters. The number of hydrogen-bond donors (Lipinski definition) is 2. The van der Waals surface area contributed by atoms with Crippen LogP contribution in [-0.4, -0.2) is 23.2 Å². The average molecular weight is 340 g/mol. The highest BCUT2D eigenvalue weighted by Gasteiger charge is 2.26. The highest BCUT2D eigenvalue weighted by atomic mass is 79.9.